The Bertz CT molecular complexity index is 877. The quantitative estimate of drug-likeness (QED) is 0.420. The first kappa shape index (κ1) is 16.3. The van der Waals surface area contributed by atoms with Crippen molar-refractivity contribution in [1.29, 1.82) is 0 Å². The van der Waals surface area contributed by atoms with E-state index < -0.39 is 5.97 Å². The van der Waals surface area contributed by atoms with Crippen molar-refractivity contribution in [3.63, 3.8) is 0 Å². The van der Waals surface area contributed by atoms with Crippen LogP contribution in [-0.2, 0) is 0 Å². The topological polar surface area (TPSA) is 66.8 Å². The van der Waals surface area contributed by atoms with Gasteiger partial charge in [-0.3, -0.25) is 0 Å². The molecule has 0 saturated heterocycles. The van der Waals surface area contributed by atoms with Crippen LogP contribution < -0.4 is 4.74 Å². The van der Waals surface area contributed by atoms with Crippen LogP contribution >= 0.6 is 0 Å². The Labute approximate surface area is 145 Å². The molecule has 0 atom stereocenters. The van der Waals surface area contributed by atoms with Crippen LogP contribution in [0.2, 0.25) is 0 Å². The highest BCUT2D eigenvalue weighted by molar-refractivity contribution is 5.91. The first-order valence-electron chi connectivity index (χ1n) is 7.68. The molecule has 25 heavy (non-hydrogen) atoms. The van der Waals surface area contributed by atoms with Gasteiger partial charge in [0.05, 0.1) is 5.56 Å². The number of carbonyl (C=O) groups is 1. The lowest BCUT2D eigenvalue weighted by atomic mass is 10.1. The van der Waals surface area contributed by atoms with Gasteiger partial charge in [0.1, 0.15) is 17.2 Å². The summed E-state index contributed by atoms with van der Waals surface area (Å²) >= 11 is 0. The van der Waals surface area contributed by atoms with Gasteiger partial charge in [-0.25, -0.2) is 4.79 Å². The van der Waals surface area contributed by atoms with Crippen LogP contribution in [0.3, 0.4) is 0 Å². The van der Waals surface area contributed by atoms with Crippen molar-refractivity contribution in [2.75, 3.05) is 0 Å². The van der Waals surface area contributed by atoms with Gasteiger partial charge in [-0.15, -0.1) is 0 Å². The Hall–Kier alpha value is -3.53. The van der Waals surface area contributed by atoms with Crippen molar-refractivity contribution in [2.24, 2.45) is 0 Å². The fourth-order valence-corrected chi connectivity index (χ4v) is 2.29. The average molecular weight is 332 g/mol. The summed E-state index contributed by atoms with van der Waals surface area (Å²) in [6.45, 7) is 0. The summed E-state index contributed by atoms with van der Waals surface area (Å²) in [5, 5.41) is 18.9. The molecule has 0 saturated carbocycles. The maximum Gasteiger partial charge on any atom is 0.343 e. The summed E-state index contributed by atoms with van der Waals surface area (Å²) in [4.78, 5) is 12.0. The monoisotopic (exact) mass is 332 g/mol. The van der Waals surface area contributed by atoms with Crippen molar-refractivity contribution >= 4 is 18.1 Å². The average Bonchev–Trinajstić information content (AvgIpc) is 2.61. The summed E-state index contributed by atoms with van der Waals surface area (Å²) in [7, 11) is 0. The molecule has 3 aromatic carbocycles. The maximum atomic E-state index is 12.0. The van der Waals surface area contributed by atoms with E-state index in [2.05, 4.69) is 0 Å². The third kappa shape index (κ3) is 4.48. The van der Waals surface area contributed by atoms with Crippen molar-refractivity contribution in [2.45, 2.75) is 0 Å². The fourth-order valence-electron chi connectivity index (χ4n) is 2.29. The lowest BCUT2D eigenvalue weighted by Crippen LogP contribution is -2.07. The van der Waals surface area contributed by atoms with E-state index in [0.29, 0.717) is 16.9 Å². The Morgan fingerprint density at radius 1 is 0.760 bits per heavy atom. The minimum Gasteiger partial charge on any atom is -0.508 e. The second-order valence-corrected chi connectivity index (χ2v) is 5.44. The molecule has 124 valence electrons. The maximum absolute atomic E-state index is 12.0. The number of esters is 1. The van der Waals surface area contributed by atoms with E-state index in [1.165, 1.54) is 6.07 Å². The number of carbonyl (C=O) groups excluding carboxylic acids is 1. The highest BCUT2D eigenvalue weighted by atomic mass is 16.5. The third-order valence-electron chi connectivity index (χ3n) is 3.49. The summed E-state index contributed by atoms with van der Waals surface area (Å²) < 4.78 is 5.32. The molecule has 0 bridgehead atoms. The Morgan fingerprint density at radius 3 is 2.00 bits per heavy atom. The Balaban J connectivity index is 1.68. The molecule has 0 aliphatic rings. The number of phenols is 2. The predicted molar refractivity (Wildman–Crippen MR) is 96.5 cm³/mol. The highest BCUT2D eigenvalue weighted by Gasteiger charge is 2.07. The molecule has 4 nitrogen and oxygen atoms in total. The molecular weight excluding hydrogens is 316 g/mol. The van der Waals surface area contributed by atoms with Gasteiger partial charge in [-0.2, -0.15) is 0 Å². The molecule has 0 heterocycles. The lowest BCUT2D eigenvalue weighted by Gasteiger charge is -2.04. The first-order valence-corrected chi connectivity index (χ1v) is 7.68. The summed E-state index contributed by atoms with van der Waals surface area (Å²) in [6.07, 6.45) is 3.60. The molecule has 0 radical (unpaired) electrons. The van der Waals surface area contributed by atoms with Gasteiger partial charge in [0.15, 0.2) is 0 Å². The van der Waals surface area contributed by atoms with Gasteiger partial charge >= 0.3 is 5.97 Å². The smallest absolute Gasteiger partial charge is 0.343 e. The molecule has 0 fully saturated rings. The van der Waals surface area contributed by atoms with Gasteiger partial charge in [-0.05, 0) is 47.5 Å². The van der Waals surface area contributed by atoms with Crippen LogP contribution in [0.4, 0.5) is 0 Å². The summed E-state index contributed by atoms with van der Waals surface area (Å²) in [5.74, 6) is 0.0609. The molecule has 4 heteroatoms. The predicted octanol–water partition coefficient (Wildman–Crippen LogP) is 4.49. The minimum atomic E-state index is -0.404. The molecule has 0 aliphatic carbocycles. The number of ether oxygens (including phenoxy) is 1. The summed E-state index contributed by atoms with van der Waals surface area (Å²) in [6, 6.07) is 20.2. The van der Waals surface area contributed by atoms with E-state index in [0.717, 1.165) is 5.56 Å². The zero-order chi connectivity index (χ0) is 17.6. The fraction of sp³-hybridized carbons (Fsp3) is 0. The number of hydrogen-bond donors (Lipinski definition) is 2. The molecule has 2 N–H and O–H groups in total. The molecule has 0 aliphatic heterocycles. The zero-order valence-corrected chi connectivity index (χ0v) is 13.3. The van der Waals surface area contributed by atoms with Gasteiger partial charge in [0, 0.05) is 6.07 Å². The SMILES string of the molecule is O=C(Oc1ccc(/C=C/c2cc(O)cc(O)c2)cc1)c1ccccc1. The molecule has 0 unspecified atom stereocenters. The normalized spacial score (nSPS) is 10.7. The van der Waals surface area contributed by atoms with Gasteiger partial charge in [0.25, 0.3) is 0 Å². The summed E-state index contributed by atoms with van der Waals surface area (Å²) in [5.41, 5.74) is 2.06. The van der Waals surface area contributed by atoms with E-state index in [1.807, 2.05) is 24.3 Å². The Kier molecular flexibility index (Phi) is 4.81. The second-order valence-electron chi connectivity index (χ2n) is 5.44. The standard InChI is InChI=1S/C21H16O4/c22-18-12-16(13-19(23)14-18)7-6-15-8-10-20(11-9-15)25-21(24)17-4-2-1-3-5-17/h1-14,22-23H/b7-6+. The van der Waals surface area contributed by atoms with E-state index in [9.17, 15) is 15.0 Å². The number of phenolic OH excluding ortho intramolecular Hbond substituents is 2. The molecule has 3 aromatic rings. The van der Waals surface area contributed by atoms with Crippen molar-refractivity contribution in [1.82, 2.24) is 0 Å². The van der Waals surface area contributed by atoms with Crippen LogP contribution in [0.5, 0.6) is 17.2 Å². The van der Waals surface area contributed by atoms with E-state index >= 15 is 0 Å². The first-order chi connectivity index (χ1) is 12.1. The van der Waals surface area contributed by atoms with E-state index in [4.69, 9.17) is 4.74 Å². The van der Waals surface area contributed by atoms with E-state index in [-0.39, 0.29) is 11.5 Å². The van der Waals surface area contributed by atoms with Crippen LogP contribution in [0.1, 0.15) is 21.5 Å². The zero-order valence-electron chi connectivity index (χ0n) is 13.3. The van der Waals surface area contributed by atoms with Crippen molar-refractivity contribution < 1.29 is 19.7 Å². The molecule has 0 amide bonds. The number of benzene rings is 3. The number of aromatic hydroxyl groups is 2. The Morgan fingerprint density at radius 2 is 1.36 bits per heavy atom. The highest BCUT2D eigenvalue weighted by Crippen LogP contribution is 2.22. The van der Waals surface area contributed by atoms with Gasteiger partial charge < -0.3 is 14.9 Å². The largest absolute Gasteiger partial charge is 0.508 e. The number of rotatable bonds is 4. The minimum absolute atomic E-state index is 0.00261. The molecule has 3 rings (SSSR count). The molecule has 0 spiro atoms. The lowest BCUT2D eigenvalue weighted by molar-refractivity contribution is 0.0734. The second kappa shape index (κ2) is 7.36. The third-order valence-corrected chi connectivity index (χ3v) is 3.49. The van der Waals surface area contributed by atoms with Crippen LogP contribution in [0.15, 0.2) is 72.8 Å². The van der Waals surface area contributed by atoms with Crippen LogP contribution in [0, 0.1) is 0 Å². The molecule has 0 aromatic heterocycles. The number of hydrogen-bond acceptors (Lipinski definition) is 4. The van der Waals surface area contributed by atoms with E-state index in [1.54, 1.807) is 54.6 Å². The van der Waals surface area contributed by atoms with Crippen LogP contribution in [-0.4, -0.2) is 16.2 Å². The molecular formula is C21H16O4. The van der Waals surface area contributed by atoms with Crippen molar-refractivity contribution in [3.8, 4) is 17.2 Å². The van der Waals surface area contributed by atoms with Gasteiger partial charge in [-0.1, -0.05) is 42.5 Å². The van der Waals surface area contributed by atoms with Gasteiger partial charge in [0.2, 0.25) is 0 Å². The van der Waals surface area contributed by atoms with Crippen molar-refractivity contribution in [3.05, 3.63) is 89.5 Å². The van der Waals surface area contributed by atoms with Crippen LogP contribution in [0.25, 0.3) is 12.2 Å².